The SMILES string of the molecule is CN1C(=O)[C@H]2CN(C(=O)OC(C)(C)C)CCN2c2ncc(C(F)(F)F)cc21. The molecular weight excluding hydrogens is 365 g/mol. The fourth-order valence-corrected chi connectivity index (χ4v) is 3.15. The van der Waals surface area contributed by atoms with Crippen LogP contribution in [0.25, 0.3) is 0 Å². The summed E-state index contributed by atoms with van der Waals surface area (Å²) < 4.78 is 44.3. The molecule has 2 amide bonds. The summed E-state index contributed by atoms with van der Waals surface area (Å²) in [5, 5.41) is 0. The molecule has 0 aromatic carbocycles. The Bertz CT molecular complexity index is 776. The highest BCUT2D eigenvalue weighted by molar-refractivity contribution is 6.05. The van der Waals surface area contributed by atoms with E-state index in [1.807, 2.05) is 0 Å². The van der Waals surface area contributed by atoms with Crippen LogP contribution in [0.2, 0.25) is 0 Å². The summed E-state index contributed by atoms with van der Waals surface area (Å²) in [6.45, 7) is 5.89. The monoisotopic (exact) mass is 386 g/mol. The van der Waals surface area contributed by atoms with Gasteiger partial charge in [-0.3, -0.25) is 4.79 Å². The van der Waals surface area contributed by atoms with Crippen molar-refractivity contribution in [2.45, 2.75) is 38.6 Å². The number of piperazine rings is 1. The topological polar surface area (TPSA) is 66.0 Å². The summed E-state index contributed by atoms with van der Waals surface area (Å²) in [5.41, 5.74) is -1.47. The molecule has 1 aromatic heterocycles. The lowest BCUT2D eigenvalue weighted by Crippen LogP contribution is -2.63. The molecule has 0 aliphatic carbocycles. The van der Waals surface area contributed by atoms with Crippen LogP contribution in [-0.4, -0.2) is 60.2 Å². The average molecular weight is 386 g/mol. The Labute approximate surface area is 154 Å². The minimum Gasteiger partial charge on any atom is -0.444 e. The third-order valence-electron chi connectivity index (χ3n) is 4.46. The fourth-order valence-electron chi connectivity index (χ4n) is 3.15. The number of fused-ring (bicyclic) bond motifs is 3. The molecular formula is C17H21F3N4O3. The quantitative estimate of drug-likeness (QED) is 0.686. The zero-order valence-electron chi connectivity index (χ0n) is 15.5. The van der Waals surface area contributed by atoms with Crippen LogP contribution in [-0.2, 0) is 15.7 Å². The number of hydrogen-bond acceptors (Lipinski definition) is 5. The van der Waals surface area contributed by atoms with Crippen molar-refractivity contribution < 1.29 is 27.5 Å². The first-order chi connectivity index (χ1) is 12.4. The van der Waals surface area contributed by atoms with Crippen molar-refractivity contribution >= 4 is 23.5 Å². The second kappa shape index (κ2) is 6.28. The molecule has 0 bridgehead atoms. The van der Waals surface area contributed by atoms with E-state index >= 15 is 0 Å². The number of amides is 2. The number of carbonyl (C=O) groups excluding carboxylic acids is 2. The minimum atomic E-state index is -4.54. The Hall–Kier alpha value is -2.52. The molecule has 2 aliphatic heterocycles. The van der Waals surface area contributed by atoms with Gasteiger partial charge in [0.15, 0.2) is 5.82 Å². The number of pyridine rings is 1. The molecule has 27 heavy (non-hydrogen) atoms. The van der Waals surface area contributed by atoms with Gasteiger partial charge in [0.05, 0.1) is 17.8 Å². The first-order valence-electron chi connectivity index (χ1n) is 8.48. The summed E-state index contributed by atoms with van der Waals surface area (Å²) >= 11 is 0. The second-order valence-electron chi connectivity index (χ2n) is 7.60. The van der Waals surface area contributed by atoms with Crippen LogP contribution in [0, 0.1) is 0 Å². The zero-order chi connectivity index (χ0) is 20.1. The number of rotatable bonds is 0. The molecule has 0 radical (unpaired) electrons. The number of alkyl halides is 3. The molecule has 148 valence electrons. The maximum absolute atomic E-state index is 13.0. The van der Waals surface area contributed by atoms with Crippen molar-refractivity contribution in [2.24, 2.45) is 0 Å². The maximum atomic E-state index is 13.0. The number of aromatic nitrogens is 1. The van der Waals surface area contributed by atoms with E-state index in [0.29, 0.717) is 5.82 Å². The van der Waals surface area contributed by atoms with Gasteiger partial charge in [0.2, 0.25) is 0 Å². The zero-order valence-corrected chi connectivity index (χ0v) is 15.5. The van der Waals surface area contributed by atoms with Gasteiger partial charge < -0.3 is 19.4 Å². The smallest absolute Gasteiger partial charge is 0.417 e. The van der Waals surface area contributed by atoms with E-state index in [-0.39, 0.29) is 25.3 Å². The molecule has 3 rings (SSSR count). The molecule has 0 saturated carbocycles. The summed E-state index contributed by atoms with van der Waals surface area (Å²) in [6, 6.07) is 0.212. The number of hydrogen-bond donors (Lipinski definition) is 0. The second-order valence-corrected chi connectivity index (χ2v) is 7.60. The first-order valence-corrected chi connectivity index (χ1v) is 8.48. The van der Waals surface area contributed by atoms with Gasteiger partial charge in [0.1, 0.15) is 11.6 Å². The molecule has 1 aromatic rings. The van der Waals surface area contributed by atoms with Crippen LogP contribution < -0.4 is 9.80 Å². The molecule has 1 saturated heterocycles. The van der Waals surface area contributed by atoms with E-state index in [1.54, 1.807) is 25.7 Å². The van der Waals surface area contributed by atoms with E-state index in [1.165, 1.54) is 11.9 Å². The Morgan fingerprint density at radius 2 is 1.93 bits per heavy atom. The van der Waals surface area contributed by atoms with E-state index < -0.39 is 35.4 Å². The first kappa shape index (κ1) is 19.2. The third-order valence-corrected chi connectivity index (χ3v) is 4.46. The van der Waals surface area contributed by atoms with Gasteiger partial charge >= 0.3 is 12.3 Å². The number of ether oxygens (including phenoxy) is 1. The molecule has 2 aliphatic rings. The highest BCUT2D eigenvalue weighted by atomic mass is 19.4. The van der Waals surface area contributed by atoms with Crippen LogP contribution in [0.5, 0.6) is 0 Å². The van der Waals surface area contributed by atoms with E-state index in [9.17, 15) is 22.8 Å². The van der Waals surface area contributed by atoms with Crippen LogP contribution in [0.15, 0.2) is 12.3 Å². The van der Waals surface area contributed by atoms with Crippen molar-refractivity contribution in [2.75, 3.05) is 36.5 Å². The van der Waals surface area contributed by atoms with Crippen molar-refractivity contribution in [3.63, 3.8) is 0 Å². The Kier molecular flexibility index (Phi) is 4.47. The largest absolute Gasteiger partial charge is 0.444 e. The van der Waals surface area contributed by atoms with Gasteiger partial charge in [-0.05, 0) is 26.8 Å². The van der Waals surface area contributed by atoms with Crippen molar-refractivity contribution in [1.29, 1.82) is 0 Å². The van der Waals surface area contributed by atoms with Gasteiger partial charge in [-0.2, -0.15) is 13.2 Å². The summed E-state index contributed by atoms with van der Waals surface area (Å²) in [4.78, 5) is 33.2. The van der Waals surface area contributed by atoms with Crippen LogP contribution in [0.3, 0.4) is 0 Å². The molecule has 0 unspecified atom stereocenters. The summed E-state index contributed by atoms with van der Waals surface area (Å²) in [5.74, 6) is -0.0872. The lowest BCUT2D eigenvalue weighted by Gasteiger charge is -2.46. The standard InChI is InChI=1S/C17H21F3N4O3/c1-16(2,3)27-15(26)23-5-6-24-12(9-23)14(25)22(4)11-7-10(17(18,19)20)8-21-13(11)24/h7-8,12H,5-6,9H2,1-4H3/t12-/m1/s1. The minimum absolute atomic E-state index is 0.0836. The third kappa shape index (κ3) is 3.65. The van der Waals surface area contributed by atoms with Gasteiger partial charge in [-0.25, -0.2) is 9.78 Å². The number of halogens is 3. The lowest BCUT2D eigenvalue weighted by molar-refractivity contribution is -0.138. The molecule has 10 heteroatoms. The molecule has 0 spiro atoms. The van der Waals surface area contributed by atoms with Crippen molar-refractivity contribution in [3.05, 3.63) is 17.8 Å². The molecule has 1 fully saturated rings. The van der Waals surface area contributed by atoms with Gasteiger partial charge in [0, 0.05) is 26.3 Å². The maximum Gasteiger partial charge on any atom is 0.417 e. The number of likely N-dealkylation sites (N-methyl/N-ethyl adjacent to an activating group) is 1. The average Bonchev–Trinajstić information content (AvgIpc) is 2.56. The summed E-state index contributed by atoms with van der Waals surface area (Å²) in [6.07, 6.45) is -4.30. The number of nitrogens with zero attached hydrogens (tertiary/aromatic N) is 4. The Morgan fingerprint density at radius 1 is 1.26 bits per heavy atom. The van der Waals surface area contributed by atoms with E-state index in [4.69, 9.17) is 4.74 Å². The fraction of sp³-hybridized carbons (Fsp3) is 0.588. The number of anilines is 2. The molecule has 7 nitrogen and oxygen atoms in total. The van der Waals surface area contributed by atoms with Crippen molar-refractivity contribution in [3.8, 4) is 0 Å². The van der Waals surface area contributed by atoms with Gasteiger partial charge in [-0.15, -0.1) is 0 Å². The van der Waals surface area contributed by atoms with Crippen molar-refractivity contribution in [1.82, 2.24) is 9.88 Å². The summed E-state index contributed by atoms with van der Waals surface area (Å²) in [7, 11) is 1.41. The predicted molar refractivity (Wildman–Crippen MR) is 91.6 cm³/mol. The Balaban J connectivity index is 1.87. The lowest BCUT2D eigenvalue weighted by atomic mass is 10.1. The van der Waals surface area contributed by atoms with Crippen LogP contribution >= 0.6 is 0 Å². The van der Waals surface area contributed by atoms with Crippen LogP contribution in [0.4, 0.5) is 29.5 Å². The van der Waals surface area contributed by atoms with E-state index in [2.05, 4.69) is 4.98 Å². The highest BCUT2D eigenvalue weighted by Gasteiger charge is 2.44. The molecule has 3 heterocycles. The predicted octanol–water partition coefficient (Wildman–Crippen LogP) is 2.50. The van der Waals surface area contributed by atoms with Crippen LogP contribution in [0.1, 0.15) is 26.3 Å². The normalized spacial score (nSPS) is 20.3. The van der Waals surface area contributed by atoms with Gasteiger partial charge in [0.25, 0.3) is 5.91 Å². The van der Waals surface area contributed by atoms with Gasteiger partial charge in [-0.1, -0.05) is 0 Å². The molecule has 0 N–H and O–H groups in total. The number of carbonyl (C=O) groups is 2. The highest BCUT2D eigenvalue weighted by Crippen LogP contribution is 2.39. The van der Waals surface area contributed by atoms with E-state index in [0.717, 1.165) is 17.2 Å². The molecule has 1 atom stereocenters. The Morgan fingerprint density at radius 3 is 2.52 bits per heavy atom.